The summed E-state index contributed by atoms with van der Waals surface area (Å²) in [5.41, 5.74) is 12.4. The Bertz CT molecular complexity index is 1190. The first kappa shape index (κ1) is 19.3. The molecule has 0 bridgehead atoms. The van der Waals surface area contributed by atoms with E-state index in [-0.39, 0.29) is 5.91 Å². The molecule has 3 nitrogen and oxygen atoms in total. The molecule has 0 saturated carbocycles. The highest BCUT2D eigenvalue weighted by Crippen LogP contribution is 2.33. The summed E-state index contributed by atoms with van der Waals surface area (Å²) >= 11 is 0. The van der Waals surface area contributed by atoms with E-state index in [4.69, 9.17) is 5.73 Å². The van der Waals surface area contributed by atoms with Gasteiger partial charge in [-0.1, -0.05) is 67.8 Å². The average Bonchev–Trinajstić information content (AvgIpc) is 3.01. The second-order valence-electron chi connectivity index (χ2n) is 7.95. The molecular formula is C26H28N2O. The lowest BCUT2D eigenvalue weighted by molar-refractivity contribution is 0.100. The second kappa shape index (κ2) is 8.12. The number of primary amides is 1. The topological polar surface area (TPSA) is 48.0 Å². The van der Waals surface area contributed by atoms with Crippen LogP contribution in [0, 0.1) is 6.92 Å². The number of hydrogen-bond donors (Lipinski definition) is 1. The first-order chi connectivity index (χ1) is 14.1. The highest BCUT2D eigenvalue weighted by atomic mass is 16.1. The molecule has 4 rings (SSSR count). The molecule has 0 unspecified atom stereocenters. The van der Waals surface area contributed by atoms with Crippen molar-refractivity contribution in [3.05, 3.63) is 82.9 Å². The zero-order valence-corrected chi connectivity index (χ0v) is 17.2. The summed E-state index contributed by atoms with van der Waals surface area (Å²) in [5, 5.41) is 2.06. The maximum atomic E-state index is 12.1. The number of carbonyl (C=O) groups excluding carboxylic acids is 1. The van der Waals surface area contributed by atoms with Gasteiger partial charge in [0.05, 0.1) is 5.52 Å². The number of benzene rings is 3. The van der Waals surface area contributed by atoms with Crippen LogP contribution in [-0.2, 0) is 13.0 Å². The van der Waals surface area contributed by atoms with Gasteiger partial charge in [-0.05, 0) is 49.1 Å². The van der Waals surface area contributed by atoms with Gasteiger partial charge in [-0.3, -0.25) is 4.79 Å². The van der Waals surface area contributed by atoms with Crippen molar-refractivity contribution in [2.75, 3.05) is 0 Å². The van der Waals surface area contributed by atoms with E-state index in [1.54, 1.807) is 0 Å². The van der Waals surface area contributed by atoms with E-state index in [0.717, 1.165) is 29.3 Å². The van der Waals surface area contributed by atoms with E-state index in [1.807, 2.05) is 12.1 Å². The van der Waals surface area contributed by atoms with Gasteiger partial charge >= 0.3 is 0 Å². The summed E-state index contributed by atoms with van der Waals surface area (Å²) in [6.45, 7) is 5.11. The minimum absolute atomic E-state index is 0.378. The van der Waals surface area contributed by atoms with Crippen LogP contribution >= 0.6 is 0 Å². The SMILES string of the molecule is CCCCCc1ccc2c3c(C(N)=O)cccc3n(Cc3cccc(C)c3)c2c1. The molecule has 3 heteroatoms. The predicted octanol–water partition coefficient (Wildman–Crippen LogP) is 5.98. The monoisotopic (exact) mass is 384 g/mol. The second-order valence-corrected chi connectivity index (χ2v) is 7.95. The smallest absolute Gasteiger partial charge is 0.249 e. The molecule has 2 N–H and O–H groups in total. The number of rotatable bonds is 7. The van der Waals surface area contributed by atoms with Crippen LogP contribution in [0.5, 0.6) is 0 Å². The van der Waals surface area contributed by atoms with Gasteiger partial charge in [-0.2, -0.15) is 0 Å². The lowest BCUT2D eigenvalue weighted by Crippen LogP contribution is -2.11. The zero-order chi connectivity index (χ0) is 20.4. The number of nitrogens with two attached hydrogens (primary N) is 1. The molecule has 0 radical (unpaired) electrons. The van der Waals surface area contributed by atoms with Crippen molar-refractivity contribution in [1.29, 1.82) is 0 Å². The Kier molecular flexibility index (Phi) is 5.39. The fourth-order valence-corrected chi connectivity index (χ4v) is 4.29. The fourth-order valence-electron chi connectivity index (χ4n) is 4.29. The van der Waals surface area contributed by atoms with Crippen molar-refractivity contribution in [3.63, 3.8) is 0 Å². The molecule has 0 aliphatic rings. The Hall–Kier alpha value is -3.07. The Morgan fingerprint density at radius 2 is 1.76 bits per heavy atom. The highest BCUT2D eigenvalue weighted by molar-refractivity contribution is 6.17. The number of hydrogen-bond acceptors (Lipinski definition) is 1. The first-order valence-corrected chi connectivity index (χ1v) is 10.5. The maximum absolute atomic E-state index is 12.1. The van der Waals surface area contributed by atoms with Gasteiger partial charge in [0.1, 0.15) is 0 Å². The van der Waals surface area contributed by atoms with Crippen LogP contribution < -0.4 is 5.73 Å². The minimum atomic E-state index is -0.378. The van der Waals surface area contributed by atoms with Gasteiger partial charge in [0, 0.05) is 28.4 Å². The number of carbonyl (C=O) groups is 1. The van der Waals surface area contributed by atoms with Gasteiger partial charge in [-0.25, -0.2) is 0 Å². The molecular weight excluding hydrogens is 356 g/mol. The third kappa shape index (κ3) is 3.77. The maximum Gasteiger partial charge on any atom is 0.249 e. The van der Waals surface area contributed by atoms with Crippen LogP contribution in [0.1, 0.15) is 53.2 Å². The molecule has 29 heavy (non-hydrogen) atoms. The Morgan fingerprint density at radius 1 is 0.931 bits per heavy atom. The Labute approximate surface area is 172 Å². The standard InChI is InChI=1S/C26H28N2O/c1-3-4-5-9-19-13-14-21-24(16-19)28(17-20-10-6-8-18(2)15-20)23-12-7-11-22(25(21)23)26(27)29/h6-8,10-16H,3-5,9,17H2,1-2H3,(H2,27,29). The number of aryl methyl sites for hydroxylation is 2. The molecule has 0 aliphatic carbocycles. The molecule has 0 aliphatic heterocycles. The van der Waals surface area contributed by atoms with E-state index >= 15 is 0 Å². The van der Waals surface area contributed by atoms with E-state index in [0.29, 0.717) is 5.56 Å². The molecule has 1 amide bonds. The molecule has 1 heterocycles. The lowest BCUT2D eigenvalue weighted by atomic mass is 10.0. The number of fused-ring (bicyclic) bond motifs is 3. The van der Waals surface area contributed by atoms with Crippen molar-refractivity contribution in [2.45, 2.75) is 46.1 Å². The Morgan fingerprint density at radius 3 is 2.52 bits per heavy atom. The van der Waals surface area contributed by atoms with Crippen LogP contribution in [0.25, 0.3) is 21.8 Å². The normalized spacial score (nSPS) is 11.4. The van der Waals surface area contributed by atoms with Crippen LogP contribution in [0.3, 0.4) is 0 Å². The molecule has 0 atom stereocenters. The summed E-state index contributed by atoms with van der Waals surface area (Å²) in [7, 11) is 0. The van der Waals surface area contributed by atoms with Crippen molar-refractivity contribution in [3.8, 4) is 0 Å². The molecule has 3 aromatic carbocycles. The fraction of sp³-hybridized carbons (Fsp3) is 0.269. The van der Waals surface area contributed by atoms with Crippen molar-refractivity contribution in [1.82, 2.24) is 4.57 Å². The van der Waals surface area contributed by atoms with Crippen molar-refractivity contribution < 1.29 is 4.79 Å². The summed E-state index contributed by atoms with van der Waals surface area (Å²) in [5.74, 6) is -0.378. The third-order valence-corrected chi connectivity index (χ3v) is 5.71. The van der Waals surface area contributed by atoms with Gasteiger partial charge in [-0.15, -0.1) is 0 Å². The predicted molar refractivity (Wildman–Crippen MR) is 121 cm³/mol. The number of aromatic nitrogens is 1. The van der Waals surface area contributed by atoms with Crippen LogP contribution in [-0.4, -0.2) is 10.5 Å². The van der Waals surface area contributed by atoms with Gasteiger partial charge in [0.15, 0.2) is 0 Å². The van der Waals surface area contributed by atoms with Crippen LogP contribution in [0.15, 0.2) is 60.7 Å². The summed E-state index contributed by atoms with van der Waals surface area (Å²) in [4.78, 5) is 12.1. The van der Waals surface area contributed by atoms with E-state index in [9.17, 15) is 4.79 Å². The highest BCUT2D eigenvalue weighted by Gasteiger charge is 2.17. The lowest BCUT2D eigenvalue weighted by Gasteiger charge is -2.10. The van der Waals surface area contributed by atoms with Gasteiger partial charge < -0.3 is 10.3 Å². The summed E-state index contributed by atoms with van der Waals surface area (Å²) in [6, 6.07) is 21.1. The van der Waals surface area contributed by atoms with E-state index in [2.05, 4.69) is 66.9 Å². The minimum Gasteiger partial charge on any atom is -0.366 e. The van der Waals surface area contributed by atoms with Gasteiger partial charge in [0.25, 0.3) is 0 Å². The number of nitrogens with zero attached hydrogens (tertiary/aromatic N) is 1. The quantitative estimate of drug-likeness (QED) is 0.391. The van der Waals surface area contributed by atoms with Crippen LogP contribution in [0.2, 0.25) is 0 Å². The third-order valence-electron chi connectivity index (χ3n) is 5.71. The molecule has 148 valence electrons. The van der Waals surface area contributed by atoms with Gasteiger partial charge in [0.2, 0.25) is 5.91 Å². The molecule has 4 aromatic rings. The Balaban J connectivity index is 1.92. The van der Waals surface area contributed by atoms with Crippen LogP contribution in [0.4, 0.5) is 0 Å². The number of unbranched alkanes of at least 4 members (excludes halogenated alkanes) is 2. The van der Waals surface area contributed by atoms with E-state index < -0.39 is 0 Å². The molecule has 0 spiro atoms. The molecule has 0 fully saturated rings. The zero-order valence-electron chi connectivity index (χ0n) is 17.2. The summed E-state index contributed by atoms with van der Waals surface area (Å²) < 4.78 is 2.33. The molecule has 0 saturated heterocycles. The first-order valence-electron chi connectivity index (χ1n) is 10.5. The average molecular weight is 385 g/mol. The largest absolute Gasteiger partial charge is 0.366 e. The van der Waals surface area contributed by atoms with E-state index in [1.165, 1.54) is 41.5 Å². The number of amides is 1. The summed E-state index contributed by atoms with van der Waals surface area (Å²) in [6.07, 6.45) is 4.75. The molecule has 1 aromatic heterocycles. The van der Waals surface area contributed by atoms with Crippen molar-refractivity contribution >= 4 is 27.7 Å². The van der Waals surface area contributed by atoms with Crippen molar-refractivity contribution in [2.24, 2.45) is 5.73 Å².